The molecule has 3 aromatic rings. The van der Waals surface area contributed by atoms with Crippen molar-refractivity contribution in [3.63, 3.8) is 0 Å². The molecule has 0 aliphatic carbocycles. The van der Waals surface area contributed by atoms with Crippen molar-refractivity contribution in [3.8, 4) is 11.5 Å². The first-order valence-corrected chi connectivity index (χ1v) is 10.0. The monoisotopic (exact) mass is 428 g/mol. The van der Waals surface area contributed by atoms with E-state index in [1.807, 2.05) is 0 Å². The number of benzene rings is 2. The van der Waals surface area contributed by atoms with Gasteiger partial charge in [-0.2, -0.15) is 0 Å². The molecule has 0 saturated carbocycles. The highest BCUT2D eigenvalue weighted by atomic mass is 16.6. The maximum absolute atomic E-state index is 12.4. The third kappa shape index (κ3) is 4.79. The first-order valence-electron chi connectivity index (χ1n) is 10.0. The lowest BCUT2D eigenvalue weighted by molar-refractivity contribution is -0.151. The van der Waals surface area contributed by atoms with Gasteiger partial charge in [-0.25, -0.2) is 14.4 Å². The number of carbonyl (C=O) groups is 2. The molecule has 8 heteroatoms. The van der Waals surface area contributed by atoms with Crippen molar-refractivity contribution in [1.82, 2.24) is 0 Å². The summed E-state index contributed by atoms with van der Waals surface area (Å²) < 4.78 is 27.0. The summed E-state index contributed by atoms with van der Waals surface area (Å²) >= 11 is 0. The predicted molar refractivity (Wildman–Crippen MR) is 113 cm³/mol. The Morgan fingerprint density at radius 3 is 2.10 bits per heavy atom. The van der Waals surface area contributed by atoms with E-state index in [2.05, 4.69) is 0 Å². The van der Waals surface area contributed by atoms with E-state index in [4.69, 9.17) is 23.4 Å². The van der Waals surface area contributed by atoms with Crippen LogP contribution in [-0.2, 0) is 19.1 Å². The van der Waals surface area contributed by atoms with E-state index in [0.717, 1.165) is 0 Å². The molecule has 0 aliphatic heterocycles. The van der Waals surface area contributed by atoms with Crippen LogP contribution in [0.5, 0.6) is 11.5 Å². The summed E-state index contributed by atoms with van der Waals surface area (Å²) in [5.74, 6) is -0.602. The molecule has 2 atom stereocenters. The van der Waals surface area contributed by atoms with Gasteiger partial charge in [0.1, 0.15) is 17.1 Å². The lowest BCUT2D eigenvalue weighted by atomic mass is 10.1. The first kappa shape index (κ1) is 22.1. The fraction of sp³-hybridized carbons (Fsp3) is 0.348. The molecule has 1 aromatic heterocycles. The molecule has 1 heterocycles. The van der Waals surface area contributed by atoms with Gasteiger partial charge in [-0.05, 0) is 33.8 Å². The highest BCUT2D eigenvalue weighted by Gasteiger charge is 2.22. The molecule has 0 radical (unpaired) electrons. The van der Waals surface area contributed by atoms with Gasteiger partial charge in [0.05, 0.1) is 24.0 Å². The fourth-order valence-corrected chi connectivity index (χ4v) is 3.12. The Balaban J connectivity index is 2.14. The van der Waals surface area contributed by atoms with Gasteiger partial charge in [0, 0.05) is 17.5 Å². The summed E-state index contributed by atoms with van der Waals surface area (Å²) in [4.78, 5) is 36.5. The van der Waals surface area contributed by atoms with Crippen LogP contribution in [0.4, 0.5) is 0 Å². The van der Waals surface area contributed by atoms with Crippen molar-refractivity contribution in [2.24, 2.45) is 0 Å². The largest absolute Gasteiger partial charge is 0.479 e. The van der Waals surface area contributed by atoms with Gasteiger partial charge in [-0.1, -0.05) is 18.2 Å². The van der Waals surface area contributed by atoms with Crippen LogP contribution in [0.25, 0.3) is 21.7 Å². The van der Waals surface area contributed by atoms with Crippen LogP contribution >= 0.6 is 0 Å². The SMILES string of the molecule is CCOC(=O)C(C)Oc1cc(OC(C)C(=O)OCC)c2c(c1)oc(=O)c1ccccc12. The van der Waals surface area contributed by atoms with E-state index >= 15 is 0 Å². The van der Waals surface area contributed by atoms with Gasteiger partial charge in [0.25, 0.3) is 0 Å². The maximum Gasteiger partial charge on any atom is 0.347 e. The van der Waals surface area contributed by atoms with Crippen molar-refractivity contribution in [2.45, 2.75) is 39.9 Å². The summed E-state index contributed by atoms with van der Waals surface area (Å²) in [5, 5.41) is 1.48. The van der Waals surface area contributed by atoms with E-state index in [9.17, 15) is 14.4 Å². The zero-order valence-electron chi connectivity index (χ0n) is 17.8. The summed E-state index contributed by atoms with van der Waals surface area (Å²) in [6.07, 6.45) is -1.83. The summed E-state index contributed by atoms with van der Waals surface area (Å²) in [6.45, 7) is 6.93. The van der Waals surface area contributed by atoms with Gasteiger partial charge >= 0.3 is 17.6 Å². The Morgan fingerprint density at radius 1 is 0.903 bits per heavy atom. The average Bonchev–Trinajstić information content (AvgIpc) is 2.74. The van der Waals surface area contributed by atoms with Crippen molar-refractivity contribution in [2.75, 3.05) is 13.2 Å². The van der Waals surface area contributed by atoms with E-state index in [0.29, 0.717) is 16.2 Å². The summed E-state index contributed by atoms with van der Waals surface area (Å²) in [6, 6.07) is 9.96. The Kier molecular flexibility index (Phi) is 6.79. The molecular formula is C23H24O8. The Labute approximate surface area is 178 Å². The summed E-state index contributed by atoms with van der Waals surface area (Å²) in [7, 11) is 0. The number of carbonyl (C=O) groups excluding carboxylic acids is 2. The Bertz CT molecular complexity index is 1160. The molecule has 0 spiro atoms. The minimum absolute atomic E-state index is 0.198. The van der Waals surface area contributed by atoms with Crippen molar-refractivity contribution in [1.29, 1.82) is 0 Å². The van der Waals surface area contributed by atoms with Crippen molar-refractivity contribution in [3.05, 3.63) is 46.8 Å². The molecule has 0 bridgehead atoms. The van der Waals surface area contributed by atoms with Crippen LogP contribution in [0.3, 0.4) is 0 Å². The predicted octanol–water partition coefficient (Wildman–Crippen LogP) is 3.61. The minimum Gasteiger partial charge on any atom is -0.479 e. The molecule has 164 valence electrons. The van der Waals surface area contributed by atoms with Crippen molar-refractivity contribution >= 4 is 33.7 Å². The van der Waals surface area contributed by atoms with Gasteiger partial charge in [-0.15, -0.1) is 0 Å². The van der Waals surface area contributed by atoms with Gasteiger partial charge < -0.3 is 23.4 Å². The van der Waals surface area contributed by atoms with Crippen LogP contribution in [0, 0.1) is 0 Å². The fourth-order valence-electron chi connectivity index (χ4n) is 3.12. The second-order valence-electron chi connectivity index (χ2n) is 6.75. The van der Waals surface area contributed by atoms with Crippen LogP contribution in [-0.4, -0.2) is 37.4 Å². The van der Waals surface area contributed by atoms with Crippen LogP contribution < -0.4 is 15.1 Å². The van der Waals surface area contributed by atoms with E-state index in [1.165, 1.54) is 6.07 Å². The standard InChI is InChI=1S/C23H24O8/c1-5-27-21(24)13(3)29-15-11-18(30-14(4)22(25)28-6-2)20-16-9-7-8-10-17(16)23(26)31-19(20)12-15/h7-14H,5-6H2,1-4H3. The average molecular weight is 428 g/mol. The normalized spacial score (nSPS) is 12.9. The lowest BCUT2D eigenvalue weighted by Crippen LogP contribution is -2.27. The number of rotatable bonds is 8. The Morgan fingerprint density at radius 2 is 1.48 bits per heavy atom. The van der Waals surface area contributed by atoms with E-state index in [-0.39, 0.29) is 30.3 Å². The van der Waals surface area contributed by atoms with Gasteiger partial charge in [-0.3, -0.25) is 0 Å². The maximum atomic E-state index is 12.4. The topological polar surface area (TPSA) is 101 Å². The van der Waals surface area contributed by atoms with E-state index in [1.54, 1.807) is 58.0 Å². The van der Waals surface area contributed by atoms with Gasteiger partial charge in [0.15, 0.2) is 12.2 Å². The second-order valence-corrected chi connectivity index (χ2v) is 6.75. The highest BCUT2D eigenvalue weighted by Crippen LogP contribution is 2.36. The Hall–Kier alpha value is -3.55. The van der Waals surface area contributed by atoms with Crippen molar-refractivity contribution < 1.29 is 33.0 Å². The number of hydrogen-bond donors (Lipinski definition) is 0. The molecule has 2 aromatic carbocycles. The highest BCUT2D eigenvalue weighted by molar-refractivity contribution is 6.08. The zero-order valence-corrected chi connectivity index (χ0v) is 17.8. The zero-order chi connectivity index (χ0) is 22.5. The summed E-state index contributed by atoms with van der Waals surface area (Å²) in [5.41, 5.74) is -0.327. The molecule has 31 heavy (non-hydrogen) atoms. The molecule has 0 aliphatic rings. The molecule has 0 N–H and O–H groups in total. The van der Waals surface area contributed by atoms with Crippen LogP contribution in [0.1, 0.15) is 27.7 Å². The van der Waals surface area contributed by atoms with Crippen LogP contribution in [0.2, 0.25) is 0 Å². The number of hydrogen-bond acceptors (Lipinski definition) is 8. The number of ether oxygens (including phenoxy) is 4. The molecule has 8 nitrogen and oxygen atoms in total. The second kappa shape index (κ2) is 9.51. The third-order valence-corrected chi connectivity index (χ3v) is 4.51. The quantitative estimate of drug-likeness (QED) is 0.305. The third-order valence-electron chi connectivity index (χ3n) is 4.51. The molecule has 0 saturated heterocycles. The number of fused-ring (bicyclic) bond motifs is 3. The first-order chi connectivity index (χ1) is 14.8. The molecule has 0 fully saturated rings. The molecule has 3 rings (SSSR count). The molecular weight excluding hydrogens is 404 g/mol. The number of esters is 2. The minimum atomic E-state index is -0.924. The molecule has 0 amide bonds. The smallest absolute Gasteiger partial charge is 0.347 e. The van der Waals surface area contributed by atoms with Gasteiger partial charge in [0.2, 0.25) is 0 Å². The molecule has 2 unspecified atom stereocenters. The van der Waals surface area contributed by atoms with Crippen LogP contribution in [0.15, 0.2) is 45.6 Å². The van der Waals surface area contributed by atoms with E-state index < -0.39 is 29.8 Å². The lowest BCUT2D eigenvalue weighted by Gasteiger charge is -2.18.